The molecule has 2 aromatic rings. The standard InChI is InChI=1S/C12H15BrN4/c1-10-11(13)3-4-12(16-10)15-5-2-7-17-8-6-14-9-17/h3-4,6,8-9H,2,5,7H2,1H3,(H,15,16). The minimum atomic E-state index is 0.909. The second-order valence-electron chi connectivity index (χ2n) is 3.84. The highest BCUT2D eigenvalue weighted by molar-refractivity contribution is 9.10. The van der Waals surface area contributed by atoms with E-state index in [1.54, 1.807) is 6.20 Å². The van der Waals surface area contributed by atoms with Gasteiger partial charge in [-0.25, -0.2) is 9.97 Å². The molecule has 0 radical (unpaired) electrons. The van der Waals surface area contributed by atoms with E-state index in [9.17, 15) is 0 Å². The maximum atomic E-state index is 4.43. The van der Waals surface area contributed by atoms with Crippen molar-refractivity contribution in [3.8, 4) is 0 Å². The number of anilines is 1. The summed E-state index contributed by atoms with van der Waals surface area (Å²) in [4.78, 5) is 8.44. The van der Waals surface area contributed by atoms with Gasteiger partial charge in [0.05, 0.1) is 12.0 Å². The van der Waals surface area contributed by atoms with E-state index in [0.717, 1.165) is 35.5 Å². The number of aromatic nitrogens is 3. The zero-order valence-electron chi connectivity index (χ0n) is 9.73. The normalized spacial score (nSPS) is 10.5. The number of rotatable bonds is 5. The Balaban J connectivity index is 1.76. The molecule has 0 spiro atoms. The van der Waals surface area contributed by atoms with Gasteiger partial charge in [-0.05, 0) is 41.4 Å². The lowest BCUT2D eigenvalue weighted by molar-refractivity contribution is 0.660. The van der Waals surface area contributed by atoms with Gasteiger partial charge in [0.2, 0.25) is 0 Å². The van der Waals surface area contributed by atoms with Crippen molar-refractivity contribution in [1.29, 1.82) is 0 Å². The highest BCUT2D eigenvalue weighted by Crippen LogP contribution is 2.15. The van der Waals surface area contributed by atoms with Crippen LogP contribution in [-0.4, -0.2) is 21.1 Å². The van der Waals surface area contributed by atoms with Gasteiger partial charge in [-0.3, -0.25) is 0 Å². The van der Waals surface area contributed by atoms with Gasteiger partial charge in [0.25, 0.3) is 0 Å². The average molecular weight is 295 g/mol. The van der Waals surface area contributed by atoms with Crippen LogP contribution in [0.2, 0.25) is 0 Å². The van der Waals surface area contributed by atoms with E-state index in [1.165, 1.54) is 0 Å². The summed E-state index contributed by atoms with van der Waals surface area (Å²) in [7, 11) is 0. The van der Waals surface area contributed by atoms with Crippen LogP contribution in [0, 0.1) is 6.92 Å². The predicted molar refractivity (Wildman–Crippen MR) is 72.0 cm³/mol. The molecular weight excluding hydrogens is 280 g/mol. The van der Waals surface area contributed by atoms with Gasteiger partial charge in [-0.1, -0.05) is 0 Å². The molecule has 0 atom stereocenters. The number of hydrogen-bond acceptors (Lipinski definition) is 3. The van der Waals surface area contributed by atoms with Crippen molar-refractivity contribution in [2.45, 2.75) is 19.9 Å². The Hall–Kier alpha value is -1.36. The highest BCUT2D eigenvalue weighted by atomic mass is 79.9. The lowest BCUT2D eigenvalue weighted by Gasteiger charge is -2.07. The third-order valence-corrected chi connectivity index (χ3v) is 3.32. The van der Waals surface area contributed by atoms with Gasteiger partial charge in [-0.2, -0.15) is 0 Å². The van der Waals surface area contributed by atoms with Crippen LogP contribution in [0.3, 0.4) is 0 Å². The van der Waals surface area contributed by atoms with E-state index in [0.29, 0.717) is 0 Å². The molecule has 0 aliphatic rings. The number of imidazole rings is 1. The Kier molecular flexibility index (Phi) is 4.14. The molecule has 90 valence electrons. The van der Waals surface area contributed by atoms with Crippen LogP contribution in [-0.2, 0) is 6.54 Å². The molecule has 2 heterocycles. The van der Waals surface area contributed by atoms with E-state index in [2.05, 4.69) is 35.8 Å². The van der Waals surface area contributed by atoms with Crippen LogP contribution in [0.4, 0.5) is 5.82 Å². The van der Waals surface area contributed by atoms with Crippen molar-refractivity contribution in [2.75, 3.05) is 11.9 Å². The summed E-state index contributed by atoms with van der Waals surface area (Å²) in [6.07, 6.45) is 6.66. The third-order valence-electron chi connectivity index (χ3n) is 2.48. The SMILES string of the molecule is Cc1nc(NCCCn2ccnc2)ccc1Br. The zero-order valence-corrected chi connectivity index (χ0v) is 11.3. The number of pyridine rings is 1. The first-order valence-electron chi connectivity index (χ1n) is 5.58. The van der Waals surface area contributed by atoms with E-state index in [4.69, 9.17) is 0 Å². The monoisotopic (exact) mass is 294 g/mol. The first-order chi connectivity index (χ1) is 8.25. The number of halogens is 1. The van der Waals surface area contributed by atoms with Gasteiger partial charge in [-0.15, -0.1) is 0 Å². The number of nitrogens with one attached hydrogen (secondary N) is 1. The Bertz CT molecular complexity index is 467. The smallest absolute Gasteiger partial charge is 0.126 e. The summed E-state index contributed by atoms with van der Waals surface area (Å²) in [6.45, 7) is 3.87. The van der Waals surface area contributed by atoms with Gasteiger partial charge in [0.15, 0.2) is 0 Å². The summed E-state index contributed by atoms with van der Waals surface area (Å²) < 4.78 is 3.11. The number of hydrogen-bond donors (Lipinski definition) is 1. The molecule has 0 aliphatic carbocycles. The van der Waals surface area contributed by atoms with Crippen molar-refractivity contribution < 1.29 is 0 Å². The molecule has 0 fully saturated rings. The third kappa shape index (κ3) is 3.56. The van der Waals surface area contributed by atoms with Crippen LogP contribution in [0.5, 0.6) is 0 Å². The molecule has 1 N–H and O–H groups in total. The average Bonchev–Trinajstić information content (AvgIpc) is 2.82. The molecule has 5 heteroatoms. The lowest BCUT2D eigenvalue weighted by atomic mass is 10.3. The molecule has 0 aromatic carbocycles. The van der Waals surface area contributed by atoms with E-state index in [1.807, 2.05) is 31.6 Å². The minimum Gasteiger partial charge on any atom is -0.370 e. The molecule has 0 unspecified atom stereocenters. The van der Waals surface area contributed by atoms with Crippen molar-refractivity contribution in [3.63, 3.8) is 0 Å². The second-order valence-corrected chi connectivity index (χ2v) is 4.70. The fraction of sp³-hybridized carbons (Fsp3) is 0.333. The van der Waals surface area contributed by atoms with Crippen LogP contribution >= 0.6 is 15.9 Å². The summed E-state index contributed by atoms with van der Waals surface area (Å²) >= 11 is 3.44. The summed E-state index contributed by atoms with van der Waals surface area (Å²) in [5.74, 6) is 0.927. The van der Waals surface area contributed by atoms with Crippen molar-refractivity contribution in [1.82, 2.24) is 14.5 Å². The Morgan fingerprint density at radius 2 is 2.29 bits per heavy atom. The second kappa shape index (κ2) is 5.82. The lowest BCUT2D eigenvalue weighted by Crippen LogP contribution is -2.07. The molecule has 0 saturated heterocycles. The van der Waals surface area contributed by atoms with Crippen LogP contribution in [0.25, 0.3) is 0 Å². The van der Waals surface area contributed by atoms with Crippen molar-refractivity contribution in [2.24, 2.45) is 0 Å². The number of nitrogens with zero attached hydrogens (tertiary/aromatic N) is 3. The topological polar surface area (TPSA) is 42.7 Å². The van der Waals surface area contributed by atoms with Crippen LogP contribution in [0.1, 0.15) is 12.1 Å². The first kappa shape index (κ1) is 12.1. The highest BCUT2D eigenvalue weighted by Gasteiger charge is 1.98. The number of aryl methyl sites for hydroxylation is 2. The largest absolute Gasteiger partial charge is 0.370 e. The Morgan fingerprint density at radius 3 is 3.00 bits per heavy atom. The fourth-order valence-electron chi connectivity index (χ4n) is 1.54. The molecule has 0 bridgehead atoms. The molecule has 17 heavy (non-hydrogen) atoms. The molecule has 4 nitrogen and oxygen atoms in total. The fourth-order valence-corrected chi connectivity index (χ4v) is 1.76. The Morgan fingerprint density at radius 1 is 1.41 bits per heavy atom. The maximum absolute atomic E-state index is 4.43. The molecule has 0 amide bonds. The maximum Gasteiger partial charge on any atom is 0.126 e. The first-order valence-corrected chi connectivity index (χ1v) is 6.38. The van der Waals surface area contributed by atoms with E-state index < -0.39 is 0 Å². The van der Waals surface area contributed by atoms with E-state index >= 15 is 0 Å². The van der Waals surface area contributed by atoms with Gasteiger partial charge in [0, 0.05) is 30.0 Å². The summed E-state index contributed by atoms with van der Waals surface area (Å²) in [6, 6.07) is 3.99. The Labute approximate surface area is 109 Å². The minimum absolute atomic E-state index is 0.909. The molecule has 0 saturated carbocycles. The van der Waals surface area contributed by atoms with Crippen LogP contribution < -0.4 is 5.32 Å². The predicted octanol–water partition coefficient (Wildman–Crippen LogP) is 2.85. The molecule has 0 aliphatic heterocycles. The van der Waals surface area contributed by atoms with Crippen molar-refractivity contribution >= 4 is 21.7 Å². The quantitative estimate of drug-likeness (QED) is 0.863. The molecule has 2 aromatic heterocycles. The van der Waals surface area contributed by atoms with Gasteiger partial charge in [0.1, 0.15) is 5.82 Å². The summed E-state index contributed by atoms with van der Waals surface area (Å²) in [5, 5.41) is 3.31. The van der Waals surface area contributed by atoms with Gasteiger partial charge < -0.3 is 9.88 Å². The molecule has 2 rings (SSSR count). The zero-order chi connectivity index (χ0) is 12.1. The van der Waals surface area contributed by atoms with E-state index in [-0.39, 0.29) is 0 Å². The molecular formula is C12H15BrN4. The van der Waals surface area contributed by atoms with Crippen molar-refractivity contribution in [3.05, 3.63) is 41.0 Å². The summed E-state index contributed by atoms with van der Waals surface area (Å²) in [5.41, 5.74) is 1.00. The van der Waals surface area contributed by atoms with Gasteiger partial charge >= 0.3 is 0 Å². The van der Waals surface area contributed by atoms with Crippen LogP contribution in [0.15, 0.2) is 35.3 Å².